The van der Waals surface area contributed by atoms with Gasteiger partial charge in [0, 0.05) is 0 Å². The molecule has 0 bridgehead atoms. The third kappa shape index (κ3) is 3.33. The van der Waals surface area contributed by atoms with Crippen molar-refractivity contribution in [3.05, 3.63) is 24.0 Å². The average Bonchev–Trinajstić information content (AvgIpc) is 2.26. The van der Waals surface area contributed by atoms with Crippen molar-refractivity contribution in [3.8, 4) is 0 Å². The fraction of sp³-hybridized carbons (Fsp3) is 0.300. The number of hydrogen-bond donors (Lipinski definition) is 3. The lowest BCUT2D eigenvalue weighted by Crippen LogP contribution is -2.41. The Morgan fingerprint density at radius 1 is 1.59 bits per heavy atom. The Morgan fingerprint density at radius 3 is 2.82 bits per heavy atom. The Bertz CT molecular complexity index is 400. The molecule has 0 unspecified atom stereocenters. The molecule has 0 aromatic heterocycles. The number of carbonyl (C=O) groups is 2. The van der Waals surface area contributed by atoms with Crippen LogP contribution in [0.2, 0.25) is 0 Å². The van der Waals surface area contributed by atoms with Gasteiger partial charge in [-0.3, -0.25) is 9.69 Å². The minimum atomic E-state index is -1.24. The lowest BCUT2D eigenvalue weighted by Gasteiger charge is -2.23. The Morgan fingerprint density at radius 2 is 2.29 bits per heavy atom. The Kier molecular flexibility index (Phi) is 4.27. The molecule has 0 saturated heterocycles. The molecule has 1 aliphatic rings. The van der Waals surface area contributed by atoms with Gasteiger partial charge in [0.15, 0.2) is 5.78 Å². The van der Waals surface area contributed by atoms with Gasteiger partial charge in [-0.1, -0.05) is 6.08 Å². The van der Waals surface area contributed by atoms with E-state index in [-0.39, 0.29) is 24.4 Å². The van der Waals surface area contributed by atoms with Gasteiger partial charge in [0.25, 0.3) is 0 Å². The number of carbonyl (C=O) groups excluding carboxylic acids is 1. The molecule has 1 aliphatic heterocycles. The van der Waals surface area contributed by atoms with Gasteiger partial charge >= 0.3 is 6.09 Å². The third-order valence-electron chi connectivity index (χ3n) is 2.08. The summed E-state index contributed by atoms with van der Waals surface area (Å²) in [6.45, 7) is 3.42. The van der Waals surface area contributed by atoms with Crippen LogP contribution in [0.4, 0.5) is 4.79 Å². The number of Topliss-reactive ketones (excluding diaryl/α,β-unsaturated/α-hetero) is 1. The van der Waals surface area contributed by atoms with Crippen LogP contribution in [0, 0.1) is 0 Å². The van der Waals surface area contributed by atoms with E-state index >= 15 is 0 Å². The predicted molar refractivity (Wildman–Crippen MR) is 61.0 cm³/mol. The summed E-state index contributed by atoms with van der Waals surface area (Å²) in [6.07, 6.45) is 1.52. The van der Waals surface area contributed by atoms with Gasteiger partial charge < -0.3 is 15.6 Å². The van der Waals surface area contributed by atoms with Crippen molar-refractivity contribution >= 4 is 18.1 Å². The Labute approximate surface area is 97.7 Å². The van der Waals surface area contributed by atoms with Crippen LogP contribution >= 0.6 is 0 Å². The molecule has 0 aromatic rings. The zero-order chi connectivity index (χ0) is 12.8. The number of hydrogen-bond acceptors (Lipinski definition) is 5. The van der Waals surface area contributed by atoms with E-state index in [1.54, 1.807) is 6.08 Å². The zero-order valence-electron chi connectivity index (χ0n) is 9.09. The SMILES string of the molecule is C=CCNN=CC1=C(O)CN(C(=O)O)CC1=O. The normalized spacial score (nSPS) is 16.5. The minimum Gasteiger partial charge on any atom is -0.510 e. The predicted octanol–water partition coefficient (Wildman–Crippen LogP) is 0.123. The van der Waals surface area contributed by atoms with Crippen LogP contribution in [-0.4, -0.2) is 52.8 Å². The van der Waals surface area contributed by atoms with Crippen LogP contribution in [0.25, 0.3) is 0 Å². The number of ketones is 1. The molecule has 0 aromatic carbocycles. The molecule has 0 saturated carbocycles. The maximum Gasteiger partial charge on any atom is 0.408 e. The second-order valence-electron chi connectivity index (χ2n) is 3.33. The summed E-state index contributed by atoms with van der Waals surface area (Å²) in [5.74, 6) is -0.784. The zero-order valence-corrected chi connectivity index (χ0v) is 9.09. The van der Waals surface area contributed by atoms with Gasteiger partial charge in [0.1, 0.15) is 5.76 Å². The standard InChI is InChI=1S/C10H13N3O4/c1-2-3-11-12-4-7-8(14)5-13(10(16)17)6-9(7)15/h2,4,11,14H,1,3,5-6H2,(H,16,17). The first kappa shape index (κ1) is 12.8. The maximum atomic E-state index is 11.5. The number of aliphatic hydroxyl groups is 1. The highest BCUT2D eigenvalue weighted by Gasteiger charge is 2.27. The number of amides is 1. The smallest absolute Gasteiger partial charge is 0.408 e. The van der Waals surface area contributed by atoms with Crippen molar-refractivity contribution in [2.75, 3.05) is 19.6 Å². The van der Waals surface area contributed by atoms with Crippen molar-refractivity contribution in [2.45, 2.75) is 0 Å². The summed E-state index contributed by atoms with van der Waals surface area (Å²) in [5, 5.41) is 21.9. The molecular weight excluding hydrogens is 226 g/mol. The van der Waals surface area contributed by atoms with E-state index in [0.717, 1.165) is 4.90 Å². The summed E-state index contributed by atoms with van der Waals surface area (Å²) >= 11 is 0. The summed E-state index contributed by atoms with van der Waals surface area (Å²) in [5.41, 5.74) is 2.61. The number of rotatable bonds is 4. The van der Waals surface area contributed by atoms with Crippen molar-refractivity contribution in [2.24, 2.45) is 5.10 Å². The van der Waals surface area contributed by atoms with Crippen molar-refractivity contribution in [1.82, 2.24) is 10.3 Å². The molecular formula is C10H13N3O4. The highest BCUT2D eigenvalue weighted by atomic mass is 16.4. The van der Waals surface area contributed by atoms with Crippen molar-refractivity contribution < 1.29 is 19.8 Å². The molecule has 1 amide bonds. The van der Waals surface area contributed by atoms with E-state index in [4.69, 9.17) is 5.11 Å². The first-order valence-corrected chi connectivity index (χ1v) is 4.86. The second kappa shape index (κ2) is 5.69. The molecule has 17 heavy (non-hydrogen) atoms. The molecule has 1 rings (SSSR count). The number of aliphatic hydroxyl groups excluding tert-OH is 1. The highest BCUT2D eigenvalue weighted by molar-refractivity contribution is 6.15. The fourth-order valence-electron chi connectivity index (χ4n) is 1.25. The van der Waals surface area contributed by atoms with Crippen molar-refractivity contribution in [1.29, 1.82) is 0 Å². The average molecular weight is 239 g/mol. The van der Waals surface area contributed by atoms with E-state index < -0.39 is 11.9 Å². The van der Waals surface area contributed by atoms with E-state index in [2.05, 4.69) is 17.1 Å². The first-order chi connectivity index (χ1) is 8.06. The number of nitrogens with one attached hydrogen (secondary N) is 1. The molecule has 7 nitrogen and oxygen atoms in total. The molecule has 0 atom stereocenters. The van der Waals surface area contributed by atoms with Crippen LogP contribution in [0.15, 0.2) is 29.1 Å². The highest BCUT2D eigenvalue weighted by Crippen LogP contribution is 2.11. The van der Waals surface area contributed by atoms with E-state index in [1.807, 2.05) is 0 Å². The van der Waals surface area contributed by atoms with Crippen LogP contribution in [0.3, 0.4) is 0 Å². The molecule has 3 N–H and O–H groups in total. The molecule has 0 radical (unpaired) electrons. The van der Waals surface area contributed by atoms with E-state index in [1.165, 1.54) is 6.21 Å². The largest absolute Gasteiger partial charge is 0.510 e. The van der Waals surface area contributed by atoms with Gasteiger partial charge in [-0.05, 0) is 0 Å². The molecule has 0 fully saturated rings. The van der Waals surface area contributed by atoms with Gasteiger partial charge in [0.05, 0.1) is 31.4 Å². The topological polar surface area (TPSA) is 102 Å². The molecule has 7 heteroatoms. The Hall–Kier alpha value is -2.31. The van der Waals surface area contributed by atoms with Crippen molar-refractivity contribution in [3.63, 3.8) is 0 Å². The van der Waals surface area contributed by atoms with Gasteiger partial charge in [-0.15, -0.1) is 6.58 Å². The number of hydrazone groups is 1. The number of nitrogens with zero attached hydrogens (tertiary/aromatic N) is 2. The van der Waals surface area contributed by atoms with E-state index in [9.17, 15) is 14.7 Å². The number of carboxylic acid groups (broad SMARTS) is 1. The van der Waals surface area contributed by atoms with Gasteiger partial charge in [-0.2, -0.15) is 5.10 Å². The summed E-state index contributed by atoms with van der Waals surface area (Å²) in [7, 11) is 0. The maximum absolute atomic E-state index is 11.5. The quantitative estimate of drug-likeness (QED) is 0.280. The van der Waals surface area contributed by atoms with Gasteiger partial charge in [-0.25, -0.2) is 4.79 Å². The van der Waals surface area contributed by atoms with Gasteiger partial charge in [0.2, 0.25) is 0 Å². The van der Waals surface area contributed by atoms with Crippen LogP contribution in [0.5, 0.6) is 0 Å². The lowest BCUT2D eigenvalue weighted by molar-refractivity contribution is -0.116. The molecule has 0 spiro atoms. The summed E-state index contributed by atoms with van der Waals surface area (Å²) in [6, 6.07) is 0. The first-order valence-electron chi connectivity index (χ1n) is 4.86. The van der Waals surface area contributed by atoms with E-state index in [0.29, 0.717) is 6.54 Å². The molecule has 1 heterocycles. The fourth-order valence-corrected chi connectivity index (χ4v) is 1.25. The summed E-state index contributed by atoms with van der Waals surface area (Å²) < 4.78 is 0. The van der Waals surface area contributed by atoms with Crippen LogP contribution < -0.4 is 5.43 Å². The summed E-state index contributed by atoms with van der Waals surface area (Å²) in [4.78, 5) is 23.0. The Balaban J connectivity index is 2.74. The van der Waals surface area contributed by atoms with Crippen LogP contribution in [0.1, 0.15) is 0 Å². The third-order valence-corrected chi connectivity index (χ3v) is 2.08. The lowest BCUT2D eigenvalue weighted by atomic mass is 10.1. The molecule has 0 aliphatic carbocycles. The second-order valence-corrected chi connectivity index (χ2v) is 3.33. The molecule has 92 valence electrons. The minimum absolute atomic E-state index is 0.0269. The monoisotopic (exact) mass is 239 g/mol. The van der Waals surface area contributed by atoms with Crippen LogP contribution in [-0.2, 0) is 4.79 Å².